The van der Waals surface area contributed by atoms with Gasteiger partial charge < -0.3 is 14.6 Å². The molecule has 1 heterocycles. The van der Waals surface area contributed by atoms with Gasteiger partial charge in [0.15, 0.2) is 0 Å². The molecule has 3 rings (SSSR count). The van der Waals surface area contributed by atoms with Crippen LogP contribution in [0.15, 0.2) is 66.1 Å². The number of thioether (sulfide) groups is 1. The number of nitrogens with zero attached hydrogens (tertiary/aromatic N) is 3. The van der Waals surface area contributed by atoms with E-state index in [0.29, 0.717) is 29.5 Å². The zero-order chi connectivity index (χ0) is 21.5. The molecule has 0 aliphatic rings. The second kappa shape index (κ2) is 9.93. The minimum atomic E-state index is -0.505. The highest BCUT2D eigenvalue weighted by Crippen LogP contribution is 2.30. The van der Waals surface area contributed by atoms with Gasteiger partial charge in [-0.15, -0.1) is 11.8 Å². The molecule has 0 bridgehead atoms. The van der Waals surface area contributed by atoms with Crippen molar-refractivity contribution >= 4 is 29.0 Å². The number of nitrogens with one attached hydrogen (secondary N) is 1. The second-order valence-electron chi connectivity index (χ2n) is 6.74. The summed E-state index contributed by atoms with van der Waals surface area (Å²) in [5.74, 6) is 0.209. The molecule has 156 valence electrons. The molecule has 2 aromatic carbocycles. The van der Waals surface area contributed by atoms with E-state index < -0.39 is 10.8 Å². The number of aromatic nitrogens is 2. The number of amides is 1. The zero-order valence-electron chi connectivity index (χ0n) is 16.6. The summed E-state index contributed by atoms with van der Waals surface area (Å²) in [4.78, 5) is 28.2. The first-order valence-corrected chi connectivity index (χ1v) is 10.3. The maximum Gasteiger partial charge on any atom is 0.270 e. The normalized spacial score (nSPS) is 10.8. The van der Waals surface area contributed by atoms with Crippen LogP contribution in [0.2, 0.25) is 0 Å². The number of imidazole rings is 1. The first-order chi connectivity index (χ1) is 14.4. The Morgan fingerprint density at radius 1 is 1.30 bits per heavy atom. The number of hydrogen-bond donors (Lipinski definition) is 1. The van der Waals surface area contributed by atoms with E-state index in [-0.39, 0.29) is 16.5 Å². The molecule has 8 nitrogen and oxygen atoms in total. The minimum Gasteiger partial charge on any atom is -0.492 e. The molecule has 0 atom stereocenters. The molecule has 30 heavy (non-hydrogen) atoms. The number of rotatable bonds is 9. The molecule has 1 aromatic heterocycles. The molecule has 0 saturated carbocycles. The predicted octanol–water partition coefficient (Wildman–Crippen LogP) is 4.62. The molecule has 1 N–H and O–H groups in total. The van der Waals surface area contributed by atoms with Gasteiger partial charge in [-0.25, -0.2) is 4.98 Å². The SMILES string of the molecule is CC(C)Sc1ccc([N+](=O)[O-])cc1C(=O)Nc1cccc(OCCn2ccnc2)c1. The van der Waals surface area contributed by atoms with Crippen LogP contribution in [0.4, 0.5) is 11.4 Å². The van der Waals surface area contributed by atoms with E-state index in [9.17, 15) is 14.9 Å². The fraction of sp³-hybridized carbons (Fsp3) is 0.238. The van der Waals surface area contributed by atoms with Gasteiger partial charge in [-0.3, -0.25) is 14.9 Å². The average molecular weight is 426 g/mol. The van der Waals surface area contributed by atoms with E-state index in [1.165, 1.54) is 23.9 Å². The fourth-order valence-corrected chi connectivity index (χ4v) is 3.65. The number of ether oxygens (including phenoxy) is 1. The van der Waals surface area contributed by atoms with Gasteiger partial charge in [0, 0.05) is 46.4 Å². The number of anilines is 1. The van der Waals surface area contributed by atoms with Crippen molar-refractivity contribution in [3.05, 3.63) is 76.9 Å². The standard InChI is InChI=1S/C21H22N4O4S/c1-15(2)30-20-7-6-17(25(27)28)13-19(20)21(26)23-16-4-3-5-18(12-16)29-11-10-24-9-8-22-14-24/h3-9,12-15H,10-11H2,1-2H3,(H,23,26). The number of nitro benzene ring substituents is 1. The van der Waals surface area contributed by atoms with Crippen LogP contribution in [0.1, 0.15) is 24.2 Å². The lowest BCUT2D eigenvalue weighted by Gasteiger charge is -2.13. The zero-order valence-corrected chi connectivity index (χ0v) is 17.5. The maximum absolute atomic E-state index is 12.9. The van der Waals surface area contributed by atoms with Gasteiger partial charge in [-0.2, -0.15) is 0 Å². The van der Waals surface area contributed by atoms with Crippen LogP contribution in [0.25, 0.3) is 0 Å². The van der Waals surface area contributed by atoms with E-state index in [4.69, 9.17) is 4.74 Å². The molecule has 0 radical (unpaired) electrons. The molecule has 1 amide bonds. The van der Waals surface area contributed by atoms with Crippen LogP contribution in [0.5, 0.6) is 5.75 Å². The quantitative estimate of drug-likeness (QED) is 0.304. The third-order valence-corrected chi connectivity index (χ3v) is 5.13. The maximum atomic E-state index is 12.9. The summed E-state index contributed by atoms with van der Waals surface area (Å²) in [6.07, 6.45) is 5.27. The van der Waals surface area contributed by atoms with Crippen LogP contribution in [-0.2, 0) is 6.54 Å². The second-order valence-corrected chi connectivity index (χ2v) is 8.35. The van der Waals surface area contributed by atoms with Crippen molar-refractivity contribution in [2.75, 3.05) is 11.9 Å². The van der Waals surface area contributed by atoms with Crippen molar-refractivity contribution in [2.24, 2.45) is 0 Å². The van der Waals surface area contributed by atoms with E-state index in [2.05, 4.69) is 10.3 Å². The van der Waals surface area contributed by atoms with Crippen LogP contribution in [0, 0.1) is 10.1 Å². The molecular weight excluding hydrogens is 404 g/mol. The molecule has 0 aliphatic carbocycles. The van der Waals surface area contributed by atoms with Gasteiger partial charge in [-0.05, 0) is 18.2 Å². The van der Waals surface area contributed by atoms with Crippen LogP contribution in [-0.4, -0.2) is 32.2 Å². The highest BCUT2D eigenvalue weighted by Gasteiger charge is 2.18. The van der Waals surface area contributed by atoms with Crippen LogP contribution < -0.4 is 10.1 Å². The highest BCUT2D eigenvalue weighted by molar-refractivity contribution is 8.00. The topological polar surface area (TPSA) is 99.3 Å². The van der Waals surface area contributed by atoms with Gasteiger partial charge >= 0.3 is 0 Å². The predicted molar refractivity (Wildman–Crippen MR) is 116 cm³/mol. The summed E-state index contributed by atoms with van der Waals surface area (Å²) < 4.78 is 7.65. The van der Waals surface area contributed by atoms with Crippen molar-refractivity contribution < 1.29 is 14.5 Å². The van der Waals surface area contributed by atoms with Crippen molar-refractivity contribution in [3.8, 4) is 5.75 Å². The van der Waals surface area contributed by atoms with E-state index in [1.807, 2.05) is 24.6 Å². The van der Waals surface area contributed by atoms with E-state index >= 15 is 0 Å². The van der Waals surface area contributed by atoms with Crippen LogP contribution >= 0.6 is 11.8 Å². The van der Waals surface area contributed by atoms with Gasteiger partial charge in [-0.1, -0.05) is 19.9 Å². The molecule has 0 spiro atoms. The van der Waals surface area contributed by atoms with Gasteiger partial charge in [0.2, 0.25) is 0 Å². The number of benzene rings is 2. The lowest BCUT2D eigenvalue weighted by molar-refractivity contribution is -0.384. The largest absolute Gasteiger partial charge is 0.492 e. The number of carbonyl (C=O) groups excluding carboxylic acids is 1. The van der Waals surface area contributed by atoms with Crippen molar-refractivity contribution in [3.63, 3.8) is 0 Å². The summed E-state index contributed by atoms with van der Waals surface area (Å²) in [6, 6.07) is 11.4. The summed E-state index contributed by atoms with van der Waals surface area (Å²) in [5.41, 5.74) is 0.700. The van der Waals surface area contributed by atoms with Crippen molar-refractivity contribution in [1.82, 2.24) is 9.55 Å². The van der Waals surface area contributed by atoms with Crippen LogP contribution in [0.3, 0.4) is 0 Å². The lowest BCUT2D eigenvalue weighted by atomic mass is 10.1. The molecule has 9 heteroatoms. The molecule has 0 aliphatic heterocycles. The summed E-state index contributed by atoms with van der Waals surface area (Å²) >= 11 is 1.48. The van der Waals surface area contributed by atoms with E-state index in [0.717, 1.165) is 0 Å². The lowest BCUT2D eigenvalue weighted by Crippen LogP contribution is -2.14. The smallest absolute Gasteiger partial charge is 0.270 e. The Balaban J connectivity index is 1.72. The van der Waals surface area contributed by atoms with Crippen molar-refractivity contribution in [2.45, 2.75) is 30.5 Å². The minimum absolute atomic E-state index is 0.121. The van der Waals surface area contributed by atoms with Crippen molar-refractivity contribution in [1.29, 1.82) is 0 Å². The number of nitro groups is 1. The Morgan fingerprint density at radius 3 is 2.83 bits per heavy atom. The van der Waals surface area contributed by atoms with E-state index in [1.54, 1.807) is 42.9 Å². The number of non-ortho nitro benzene ring substituents is 1. The average Bonchev–Trinajstić information content (AvgIpc) is 3.21. The Labute approximate surface area is 178 Å². The van der Waals surface area contributed by atoms with Gasteiger partial charge in [0.25, 0.3) is 11.6 Å². The Bertz CT molecular complexity index is 1020. The molecule has 0 fully saturated rings. The first kappa shape index (κ1) is 21.4. The van der Waals surface area contributed by atoms with Gasteiger partial charge in [0.05, 0.1) is 23.4 Å². The summed E-state index contributed by atoms with van der Waals surface area (Å²) in [6.45, 7) is 5.10. The number of carbonyl (C=O) groups is 1. The Kier molecular flexibility index (Phi) is 7.08. The summed E-state index contributed by atoms with van der Waals surface area (Å²) in [7, 11) is 0. The van der Waals surface area contributed by atoms with Gasteiger partial charge in [0.1, 0.15) is 12.4 Å². The molecule has 3 aromatic rings. The fourth-order valence-electron chi connectivity index (χ4n) is 2.72. The molecule has 0 unspecified atom stereocenters. The Hall–Kier alpha value is -3.33. The first-order valence-electron chi connectivity index (χ1n) is 9.37. The third-order valence-electron chi connectivity index (χ3n) is 4.05. The Morgan fingerprint density at radius 2 is 2.13 bits per heavy atom. The highest BCUT2D eigenvalue weighted by atomic mass is 32.2. The third kappa shape index (κ3) is 5.84. The summed E-state index contributed by atoms with van der Waals surface area (Å²) in [5, 5.41) is 14.2. The molecular formula is C21H22N4O4S. The molecule has 0 saturated heterocycles. The monoisotopic (exact) mass is 426 g/mol. The number of hydrogen-bond acceptors (Lipinski definition) is 6.